The van der Waals surface area contributed by atoms with Gasteiger partial charge in [-0.05, 0) is 62.2 Å². The number of carbonyl (C=O) groups excluding carboxylic acids is 4. The van der Waals surface area contributed by atoms with Gasteiger partial charge in [0.25, 0.3) is 5.91 Å². The zero-order chi connectivity index (χ0) is 26.4. The number of anilines is 1. The van der Waals surface area contributed by atoms with E-state index in [1.54, 1.807) is 55.3 Å². The fraction of sp³-hybridized carbons (Fsp3) is 0.407. The molecule has 10 nitrogen and oxygen atoms in total. The summed E-state index contributed by atoms with van der Waals surface area (Å²) in [4.78, 5) is 53.7. The van der Waals surface area contributed by atoms with E-state index in [1.165, 1.54) is 11.0 Å². The van der Waals surface area contributed by atoms with Crippen molar-refractivity contribution in [3.05, 3.63) is 48.0 Å². The molecule has 2 aromatic rings. The molecular formula is C27H30N2O8. The van der Waals surface area contributed by atoms with E-state index in [9.17, 15) is 19.2 Å². The summed E-state index contributed by atoms with van der Waals surface area (Å²) in [6, 6.07) is 11.6. The molecule has 0 unspecified atom stereocenters. The van der Waals surface area contributed by atoms with Crippen LogP contribution in [0.3, 0.4) is 0 Å². The Bertz CT molecular complexity index is 1160. The lowest BCUT2D eigenvalue weighted by molar-refractivity contribution is -0.151. The molecule has 0 aliphatic carbocycles. The Balaban J connectivity index is 1.44. The molecule has 0 spiro atoms. The molecule has 0 radical (unpaired) electrons. The van der Waals surface area contributed by atoms with Gasteiger partial charge in [0.15, 0.2) is 19.0 Å². The van der Waals surface area contributed by atoms with Crippen LogP contribution in [-0.2, 0) is 19.1 Å². The number of hydrogen-bond donors (Lipinski definition) is 0. The molecule has 1 atom stereocenters. The second-order valence-corrected chi connectivity index (χ2v) is 8.77. The molecule has 0 N–H and O–H groups in total. The van der Waals surface area contributed by atoms with Crippen LogP contribution in [-0.4, -0.2) is 75.0 Å². The smallest absolute Gasteiger partial charge is 0.310 e. The fourth-order valence-corrected chi connectivity index (χ4v) is 4.34. The molecular weight excluding hydrogens is 480 g/mol. The van der Waals surface area contributed by atoms with Gasteiger partial charge in [-0.15, -0.1) is 0 Å². The van der Waals surface area contributed by atoms with Crippen molar-refractivity contribution in [1.29, 1.82) is 0 Å². The van der Waals surface area contributed by atoms with Gasteiger partial charge in [-0.1, -0.05) is 0 Å². The number of methoxy groups -OCH3 is 1. The molecule has 2 heterocycles. The molecule has 0 saturated carbocycles. The first kappa shape index (κ1) is 26.0. The molecule has 1 saturated heterocycles. The number of ketones is 1. The highest BCUT2D eigenvalue weighted by Gasteiger charge is 2.33. The van der Waals surface area contributed by atoms with Crippen LogP contribution in [0.4, 0.5) is 5.69 Å². The summed E-state index contributed by atoms with van der Waals surface area (Å²) in [5.74, 6) is -0.0601. The minimum atomic E-state index is -0.390. The second-order valence-electron chi connectivity index (χ2n) is 8.77. The number of likely N-dealkylation sites (tertiary alicyclic amines) is 1. The summed E-state index contributed by atoms with van der Waals surface area (Å²) >= 11 is 0. The zero-order valence-electron chi connectivity index (χ0n) is 20.9. The van der Waals surface area contributed by atoms with Gasteiger partial charge >= 0.3 is 5.97 Å². The highest BCUT2D eigenvalue weighted by molar-refractivity contribution is 6.04. The van der Waals surface area contributed by atoms with Gasteiger partial charge < -0.3 is 23.8 Å². The Morgan fingerprint density at radius 3 is 2.57 bits per heavy atom. The van der Waals surface area contributed by atoms with E-state index >= 15 is 0 Å². The zero-order valence-corrected chi connectivity index (χ0v) is 20.9. The number of fused-ring (bicyclic) bond motifs is 1. The fourth-order valence-electron chi connectivity index (χ4n) is 4.34. The Morgan fingerprint density at radius 2 is 1.84 bits per heavy atom. The standard InChI is InChI=1S/C27H30N2O8/c1-3-35-27(33)19-5-4-12-28(14-19)25(31)15-29-22-13-18(6-11-24(22)37-17-26(29)32)23(30)16-36-21-9-7-20(34-2)8-10-21/h6-11,13,19H,3-5,12,14-17H2,1-2H3/t19-/m1/s1. The number of Topliss-reactive ketones (excluding diaryl/α,β-unsaturated/α-hetero) is 1. The lowest BCUT2D eigenvalue weighted by Gasteiger charge is -2.34. The average Bonchev–Trinajstić information content (AvgIpc) is 2.93. The highest BCUT2D eigenvalue weighted by Crippen LogP contribution is 2.33. The number of nitrogens with zero attached hydrogens (tertiary/aromatic N) is 2. The molecule has 1 fully saturated rings. The number of ether oxygens (including phenoxy) is 4. The maximum Gasteiger partial charge on any atom is 0.310 e. The Morgan fingerprint density at radius 1 is 1.08 bits per heavy atom. The van der Waals surface area contributed by atoms with E-state index in [4.69, 9.17) is 18.9 Å². The van der Waals surface area contributed by atoms with Gasteiger partial charge in [-0.2, -0.15) is 0 Å². The van der Waals surface area contributed by atoms with Gasteiger partial charge in [0.1, 0.15) is 23.8 Å². The highest BCUT2D eigenvalue weighted by atomic mass is 16.5. The van der Waals surface area contributed by atoms with Crippen molar-refractivity contribution in [2.45, 2.75) is 19.8 Å². The monoisotopic (exact) mass is 510 g/mol. The molecule has 0 bridgehead atoms. The van der Waals surface area contributed by atoms with Crippen molar-refractivity contribution >= 4 is 29.3 Å². The number of hydrogen-bond acceptors (Lipinski definition) is 8. The summed E-state index contributed by atoms with van der Waals surface area (Å²) < 4.78 is 21.3. The van der Waals surface area contributed by atoms with Crippen molar-refractivity contribution in [3.8, 4) is 17.2 Å². The first-order valence-electron chi connectivity index (χ1n) is 12.2. The van der Waals surface area contributed by atoms with Crippen LogP contribution in [0.1, 0.15) is 30.1 Å². The van der Waals surface area contributed by atoms with Crippen molar-refractivity contribution in [2.75, 3.05) is 51.5 Å². The topological polar surface area (TPSA) is 112 Å². The molecule has 10 heteroatoms. The van der Waals surface area contributed by atoms with Gasteiger partial charge in [-0.3, -0.25) is 24.1 Å². The number of piperidine rings is 1. The van der Waals surface area contributed by atoms with Crippen LogP contribution >= 0.6 is 0 Å². The van der Waals surface area contributed by atoms with Crippen LogP contribution in [0.25, 0.3) is 0 Å². The van der Waals surface area contributed by atoms with Gasteiger partial charge in [0, 0.05) is 18.7 Å². The van der Waals surface area contributed by atoms with E-state index < -0.39 is 0 Å². The number of benzene rings is 2. The van der Waals surface area contributed by atoms with E-state index in [1.807, 2.05) is 0 Å². The van der Waals surface area contributed by atoms with E-state index in [2.05, 4.69) is 0 Å². The SMILES string of the molecule is CCOC(=O)[C@@H]1CCCN(C(=O)CN2C(=O)COc3ccc(C(=O)COc4ccc(OC)cc4)cc32)C1. The predicted octanol–water partition coefficient (Wildman–Crippen LogP) is 2.48. The Kier molecular flexibility index (Phi) is 8.27. The maximum absolute atomic E-state index is 13.1. The maximum atomic E-state index is 13.1. The summed E-state index contributed by atoms with van der Waals surface area (Å²) in [6.07, 6.45) is 1.34. The number of carbonyl (C=O) groups is 4. The molecule has 2 aliphatic rings. The van der Waals surface area contributed by atoms with Crippen LogP contribution < -0.4 is 19.1 Å². The largest absolute Gasteiger partial charge is 0.497 e. The molecule has 2 amide bonds. The first-order valence-corrected chi connectivity index (χ1v) is 12.2. The number of esters is 1. The lowest BCUT2D eigenvalue weighted by Crippen LogP contribution is -2.49. The summed E-state index contributed by atoms with van der Waals surface area (Å²) in [7, 11) is 1.56. The summed E-state index contributed by atoms with van der Waals surface area (Å²) in [5, 5.41) is 0. The third-order valence-electron chi connectivity index (χ3n) is 6.34. The van der Waals surface area contributed by atoms with Gasteiger partial charge in [0.2, 0.25) is 5.91 Å². The van der Waals surface area contributed by atoms with E-state index in [-0.39, 0.29) is 62.4 Å². The molecule has 2 aliphatic heterocycles. The molecule has 2 aromatic carbocycles. The quantitative estimate of drug-likeness (QED) is 0.374. The molecule has 37 heavy (non-hydrogen) atoms. The summed E-state index contributed by atoms with van der Waals surface area (Å²) in [5.41, 5.74) is 0.669. The van der Waals surface area contributed by atoms with E-state index in [0.29, 0.717) is 47.9 Å². The van der Waals surface area contributed by atoms with Crippen molar-refractivity contribution in [1.82, 2.24) is 4.90 Å². The van der Waals surface area contributed by atoms with Crippen LogP contribution in [0.15, 0.2) is 42.5 Å². The van der Waals surface area contributed by atoms with Crippen LogP contribution in [0.2, 0.25) is 0 Å². The van der Waals surface area contributed by atoms with Crippen molar-refractivity contribution in [2.24, 2.45) is 5.92 Å². The minimum Gasteiger partial charge on any atom is -0.497 e. The van der Waals surface area contributed by atoms with Crippen molar-refractivity contribution in [3.63, 3.8) is 0 Å². The van der Waals surface area contributed by atoms with Crippen LogP contribution in [0.5, 0.6) is 17.2 Å². The predicted molar refractivity (Wildman–Crippen MR) is 133 cm³/mol. The lowest BCUT2D eigenvalue weighted by atomic mass is 9.98. The Hall–Kier alpha value is -4.08. The van der Waals surface area contributed by atoms with Gasteiger partial charge in [-0.25, -0.2) is 0 Å². The third-order valence-corrected chi connectivity index (χ3v) is 6.34. The normalized spacial score (nSPS) is 16.9. The summed E-state index contributed by atoms with van der Waals surface area (Å²) in [6.45, 7) is 2.15. The minimum absolute atomic E-state index is 0.206. The van der Waals surface area contributed by atoms with Gasteiger partial charge in [0.05, 0.1) is 25.3 Å². The number of amides is 2. The van der Waals surface area contributed by atoms with Crippen LogP contribution in [0, 0.1) is 5.92 Å². The third kappa shape index (κ3) is 6.19. The van der Waals surface area contributed by atoms with Crippen molar-refractivity contribution < 1.29 is 38.1 Å². The number of rotatable bonds is 9. The van der Waals surface area contributed by atoms with E-state index in [0.717, 1.165) is 0 Å². The Labute approximate surface area is 215 Å². The molecule has 0 aromatic heterocycles. The first-order chi connectivity index (χ1) is 17.9. The second kappa shape index (κ2) is 11.8. The molecule has 196 valence electrons. The molecule has 4 rings (SSSR count). The average molecular weight is 511 g/mol.